The summed E-state index contributed by atoms with van der Waals surface area (Å²) in [6.07, 6.45) is 0. The molecule has 0 N–H and O–H groups in total. The average molecular weight is 533 g/mol. The topological polar surface area (TPSA) is 9.86 Å². The molecule has 0 radical (unpaired) electrons. The molecule has 7 aromatic carbocycles. The van der Waals surface area contributed by atoms with Gasteiger partial charge in [0, 0.05) is 38.3 Å². The molecule has 9 aromatic rings. The first-order valence-corrected chi connectivity index (χ1v) is 14.5. The molecule has 42 heavy (non-hydrogen) atoms. The van der Waals surface area contributed by atoms with E-state index in [9.17, 15) is 0 Å². The third kappa shape index (κ3) is 2.74. The second kappa shape index (κ2) is 7.99. The van der Waals surface area contributed by atoms with Gasteiger partial charge in [0.2, 0.25) is 0 Å². The molecule has 0 fully saturated rings. The monoisotopic (exact) mass is 532 g/mol. The van der Waals surface area contributed by atoms with Crippen molar-refractivity contribution in [2.45, 2.75) is 0 Å². The van der Waals surface area contributed by atoms with Crippen molar-refractivity contribution in [2.24, 2.45) is 0 Å². The number of hydrogen-bond acceptors (Lipinski definition) is 0. The van der Waals surface area contributed by atoms with E-state index in [4.69, 9.17) is 0 Å². The summed E-state index contributed by atoms with van der Waals surface area (Å²) >= 11 is 0. The number of nitrogens with zero attached hydrogens (tertiary/aromatic N) is 2. The molecule has 0 spiro atoms. The van der Waals surface area contributed by atoms with Gasteiger partial charge < -0.3 is 9.13 Å². The maximum atomic E-state index is 2.46. The highest BCUT2D eigenvalue weighted by Gasteiger charge is 2.25. The minimum atomic E-state index is 1.17. The summed E-state index contributed by atoms with van der Waals surface area (Å²) in [5.74, 6) is 0. The highest BCUT2D eigenvalue weighted by atomic mass is 15.0. The zero-order valence-corrected chi connectivity index (χ0v) is 22.8. The Labute approximate surface area is 242 Å². The van der Waals surface area contributed by atoms with Gasteiger partial charge in [-0.05, 0) is 76.2 Å². The normalized spacial score (nSPS) is 12.3. The van der Waals surface area contributed by atoms with Crippen molar-refractivity contribution in [1.29, 1.82) is 0 Å². The molecule has 0 saturated carbocycles. The quantitative estimate of drug-likeness (QED) is 0.210. The molecule has 194 valence electrons. The van der Waals surface area contributed by atoms with E-state index in [0.717, 1.165) is 0 Å². The number of aromatic nitrogens is 2. The fraction of sp³-hybridized carbons (Fsp3) is 0. The maximum absolute atomic E-state index is 2.46. The number of hydrogen-bond donors (Lipinski definition) is 0. The first-order chi connectivity index (χ1) is 20.9. The molecule has 0 amide bonds. The zero-order chi connectivity index (χ0) is 27.4. The molecule has 0 unspecified atom stereocenters. The van der Waals surface area contributed by atoms with Crippen LogP contribution in [0.4, 0.5) is 0 Å². The summed E-state index contributed by atoms with van der Waals surface area (Å²) in [6, 6.07) is 53.4. The average Bonchev–Trinajstić information content (AvgIpc) is 3.69. The van der Waals surface area contributed by atoms with Crippen LogP contribution in [0.2, 0.25) is 0 Å². The van der Waals surface area contributed by atoms with E-state index in [2.05, 4.69) is 155 Å². The highest BCUT2D eigenvalue weighted by Crippen LogP contribution is 2.51. The lowest BCUT2D eigenvalue weighted by atomic mass is 9.99. The van der Waals surface area contributed by atoms with Gasteiger partial charge in [0.05, 0.1) is 22.1 Å². The highest BCUT2D eigenvalue weighted by molar-refractivity contribution is 6.27. The fourth-order valence-electron chi connectivity index (χ4n) is 7.54. The Kier molecular flexibility index (Phi) is 4.21. The maximum Gasteiger partial charge on any atom is 0.0620 e. The van der Waals surface area contributed by atoms with Crippen LogP contribution in [0.3, 0.4) is 0 Å². The Morgan fingerprint density at radius 2 is 0.762 bits per heavy atom. The predicted octanol–water partition coefficient (Wildman–Crippen LogP) is 10.7. The minimum Gasteiger partial charge on any atom is -0.309 e. The minimum absolute atomic E-state index is 1.17. The lowest BCUT2D eigenvalue weighted by molar-refractivity contribution is 1.15. The third-order valence-electron chi connectivity index (χ3n) is 9.25. The smallest absolute Gasteiger partial charge is 0.0620 e. The van der Waals surface area contributed by atoms with Crippen LogP contribution in [0, 0.1) is 0 Å². The summed E-state index contributed by atoms with van der Waals surface area (Å²) in [6.45, 7) is 0. The van der Waals surface area contributed by atoms with Crippen LogP contribution in [0.5, 0.6) is 0 Å². The van der Waals surface area contributed by atoms with Crippen molar-refractivity contribution in [1.82, 2.24) is 9.13 Å². The summed E-state index contributed by atoms with van der Waals surface area (Å²) in [4.78, 5) is 0. The van der Waals surface area contributed by atoms with E-state index < -0.39 is 0 Å². The van der Waals surface area contributed by atoms with E-state index >= 15 is 0 Å². The van der Waals surface area contributed by atoms with Crippen LogP contribution in [0.1, 0.15) is 0 Å². The van der Waals surface area contributed by atoms with E-state index in [0.29, 0.717) is 0 Å². The molecule has 0 bridgehead atoms. The van der Waals surface area contributed by atoms with Crippen LogP contribution in [0.25, 0.3) is 88.0 Å². The van der Waals surface area contributed by atoms with Gasteiger partial charge in [-0.3, -0.25) is 0 Å². The summed E-state index contributed by atoms with van der Waals surface area (Å²) in [5, 5.41) is 7.81. The van der Waals surface area contributed by atoms with Gasteiger partial charge >= 0.3 is 0 Å². The summed E-state index contributed by atoms with van der Waals surface area (Å²) in [7, 11) is 0. The lowest BCUT2D eigenvalue weighted by Crippen LogP contribution is -1.97. The van der Waals surface area contributed by atoms with Crippen LogP contribution < -0.4 is 0 Å². The van der Waals surface area contributed by atoms with Crippen LogP contribution in [-0.2, 0) is 0 Å². The molecule has 2 heterocycles. The van der Waals surface area contributed by atoms with E-state index in [1.165, 1.54) is 88.0 Å². The van der Waals surface area contributed by atoms with E-state index in [-0.39, 0.29) is 0 Å². The Morgan fingerprint density at radius 3 is 1.40 bits per heavy atom. The Morgan fingerprint density at radius 1 is 0.310 bits per heavy atom. The van der Waals surface area contributed by atoms with Gasteiger partial charge in [-0.1, -0.05) is 97.1 Å². The molecular formula is C40H24N2. The molecule has 2 heteroatoms. The standard InChI is InChI=1S/C40H24N2/c1-2-11-28-27(10-1)32-15-9-16-33-39(32)34(28)24-35-31-14-5-8-19-38(31)42(40(33)35)26-22-20-25(21-23-26)41-36-17-6-3-12-29(36)30-13-4-7-18-37(30)41/h1-24H. The van der Waals surface area contributed by atoms with Crippen LogP contribution >= 0.6 is 0 Å². The molecule has 0 aliphatic heterocycles. The van der Waals surface area contributed by atoms with Gasteiger partial charge in [-0.2, -0.15) is 0 Å². The summed E-state index contributed by atoms with van der Waals surface area (Å²) < 4.78 is 4.85. The molecule has 0 saturated heterocycles. The predicted molar refractivity (Wildman–Crippen MR) is 177 cm³/mol. The van der Waals surface area contributed by atoms with Crippen molar-refractivity contribution < 1.29 is 0 Å². The Bertz CT molecular complexity index is 2510. The van der Waals surface area contributed by atoms with Crippen LogP contribution in [-0.4, -0.2) is 9.13 Å². The van der Waals surface area contributed by atoms with E-state index in [1.807, 2.05) is 0 Å². The zero-order valence-electron chi connectivity index (χ0n) is 22.8. The Hall–Kier alpha value is -5.60. The number of benzene rings is 7. The van der Waals surface area contributed by atoms with Crippen molar-refractivity contribution in [2.75, 3.05) is 0 Å². The van der Waals surface area contributed by atoms with Gasteiger partial charge in [0.25, 0.3) is 0 Å². The molecule has 0 atom stereocenters. The first kappa shape index (κ1) is 22.1. The van der Waals surface area contributed by atoms with Crippen molar-refractivity contribution in [3.05, 3.63) is 146 Å². The van der Waals surface area contributed by atoms with Crippen molar-refractivity contribution in [3.63, 3.8) is 0 Å². The summed E-state index contributed by atoms with van der Waals surface area (Å²) in [5.41, 5.74) is 12.6. The van der Waals surface area contributed by atoms with Gasteiger partial charge in [0.15, 0.2) is 0 Å². The number of fused-ring (bicyclic) bond motifs is 10. The fourth-order valence-corrected chi connectivity index (χ4v) is 7.54. The number of para-hydroxylation sites is 3. The van der Waals surface area contributed by atoms with Crippen molar-refractivity contribution in [3.8, 4) is 33.6 Å². The molecule has 1 aliphatic carbocycles. The SMILES string of the molecule is c1ccc2c(c1)-c1cccc3c1c-2cc1c2ccccc2n(-c2ccc(-n4c5ccccc5c5ccccc54)cc2)c31. The first-order valence-electron chi connectivity index (χ1n) is 14.5. The lowest BCUT2D eigenvalue weighted by Gasteiger charge is -2.13. The molecule has 2 aromatic heterocycles. The molecule has 2 nitrogen and oxygen atoms in total. The largest absolute Gasteiger partial charge is 0.309 e. The molecule has 10 rings (SSSR count). The molecule has 1 aliphatic rings. The second-order valence-electron chi connectivity index (χ2n) is 11.3. The molecular weight excluding hydrogens is 508 g/mol. The van der Waals surface area contributed by atoms with Gasteiger partial charge in [-0.15, -0.1) is 0 Å². The third-order valence-corrected chi connectivity index (χ3v) is 9.25. The second-order valence-corrected chi connectivity index (χ2v) is 11.3. The van der Waals surface area contributed by atoms with Crippen LogP contribution in [0.15, 0.2) is 146 Å². The van der Waals surface area contributed by atoms with Gasteiger partial charge in [0.1, 0.15) is 0 Å². The Balaban J connectivity index is 1.26. The van der Waals surface area contributed by atoms with Crippen molar-refractivity contribution >= 4 is 54.4 Å². The van der Waals surface area contributed by atoms with Gasteiger partial charge in [-0.25, -0.2) is 0 Å². The number of rotatable bonds is 2. The van der Waals surface area contributed by atoms with E-state index in [1.54, 1.807) is 0 Å².